The van der Waals surface area contributed by atoms with Crippen molar-refractivity contribution >= 4 is 29.3 Å². The minimum Gasteiger partial charge on any atom is -0.480 e. The summed E-state index contributed by atoms with van der Waals surface area (Å²) in [4.78, 5) is 11.3. The molecule has 1 aliphatic rings. The zero-order chi connectivity index (χ0) is 16.8. The Hall–Kier alpha value is -1.50. The van der Waals surface area contributed by atoms with Crippen molar-refractivity contribution in [1.29, 1.82) is 0 Å². The van der Waals surface area contributed by atoms with Gasteiger partial charge in [0.25, 0.3) is 0 Å². The van der Waals surface area contributed by atoms with E-state index in [1.54, 1.807) is 18.2 Å². The van der Waals surface area contributed by atoms with Crippen molar-refractivity contribution in [3.05, 3.63) is 46.9 Å². The summed E-state index contributed by atoms with van der Waals surface area (Å²) in [6.07, 6.45) is 0. The van der Waals surface area contributed by atoms with Crippen molar-refractivity contribution in [3.8, 4) is 11.3 Å². The van der Waals surface area contributed by atoms with Crippen LogP contribution in [-0.4, -0.2) is 21.9 Å². The number of carboxylic acid groups (broad SMARTS) is 1. The fourth-order valence-corrected chi connectivity index (χ4v) is 4.10. The Morgan fingerprint density at radius 1 is 1.39 bits per heavy atom. The highest BCUT2D eigenvalue weighted by molar-refractivity contribution is 8.01. The van der Waals surface area contributed by atoms with Crippen LogP contribution in [0.5, 0.6) is 0 Å². The average Bonchev–Trinajstić information content (AvgIpc) is 3.06. The molecule has 1 aromatic heterocycles. The smallest absolute Gasteiger partial charge is 0.322 e. The number of thioether (sulfide) groups is 1. The Balaban J connectivity index is 1.85. The Morgan fingerprint density at radius 3 is 2.74 bits per heavy atom. The number of carboxylic acids is 1. The van der Waals surface area contributed by atoms with E-state index >= 15 is 0 Å². The van der Waals surface area contributed by atoms with Gasteiger partial charge in [-0.1, -0.05) is 11.6 Å². The highest BCUT2D eigenvalue weighted by atomic mass is 35.5. The second-order valence-electron chi connectivity index (χ2n) is 5.87. The first-order valence-corrected chi connectivity index (χ1v) is 8.25. The maximum Gasteiger partial charge on any atom is 0.322 e. The van der Waals surface area contributed by atoms with Gasteiger partial charge in [-0.15, -0.1) is 11.8 Å². The van der Waals surface area contributed by atoms with E-state index in [0.717, 1.165) is 0 Å². The van der Waals surface area contributed by atoms with Crippen molar-refractivity contribution in [2.24, 2.45) is 0 Å². The van der Waals surface area contributed by atoms with Crippen LogP contribution >= 0.6 is 23.4 Å². The lowest BCUT2D eigenvalue weighted by atomic mass is 10.0. The molecule has 2 atom stereocenters. The third kappa shape index (κ3) is 3.11. The maximum atomic E-state index is 13.2. The average molecular weight is 356 g/mol. The molecule has 2 heterocycles. The number of furan rings is 1. The van der Waals surface area contributed by atoms with Crippen LogP contribution in [0.25, 0.3) is 11.3 Å². The fourth-order valence-electron chi connectivity index (χ4n) is 2.57. The molecule has 1 aromatic carbocycles. The maximum absolute atomic E-state index is 13.2. The zero-order valence-corrected chi connectivity index (χ0v) is 14.0. The third-order valence-corrected chi connectivity index (χ3v) is 5.51. The van der Waals surface area contributed by atoms with Crippen LogP contribution in [0.2, 0.25) is 5.02 Å². The summed E-state index contributed by atoms with van der Waals surface area (Å²) in [5.74, 6) is -0.188. The van der Waals surface area contributed by atoms with Gasteiger partial charge in [-0.3, -0.25) is 10.1 Å². The number of rotatable bonds is 3. The summed E-state index contributed by atoms with van der Waals surface area (Å²) in [6.45, 7) is 3.76. The van der Waals surface area contributed by atoms with E-state index < -0.39 is 22.6 Å². The van der Waals surface area contributed by atoms with Gasteiger partial charge in [0.1, 0.15) is 28.8 Å². The Labute approximate surface area is 142 Å². The number of benzene rings is 1. The highest BCUT2D eigenvalue weighted by Crippen LogP contribution is 2.46. The summed E-state index contributed by atoms with van der Waals surface area (Å²) in [5.41, 5.74) is 0.666. The second kappa shape index (κ2) is 5.85. The van der Waals surface area contributed by atoms with Crippen LogP contribution in [-0.2, 0) is 4.79 Å². The summed E-state index contributed by atoms with van der Waals surface area (Å²) < 4.78 is 18.6. The largest absolute Gasteiger partial charge is 0.480 e. The summed E-state index contributed by atoms with van der Waals surface area (Å²) in [6, 6.07) is 7.26. The van der Waals surface area contributed by atoms with Crippen molar-refractivity contribution in [2.75, 3.05) is 0 Å². The van der Waals surface area contributed by atoms with Crippen LogP contribution < -0.4 is 5.32 Å². The van der Waals surface area contributed by atoms with Crippen LogP contribution in [0.1, 0.15) is 25.0 Å². The molecule has 1 aliphatic heterocycles. The molecule has 23 heavy (non-hydrogen) atoms. The standard InChI is InChI=1S/C16H15ClFNO3S/c1-16(2)13(15(20)21)19-14(23-16)12-6-5-11(22-12)8-3-4-10(18)9(17)7-8/h3-7,13-14,19H,1-2H3,(H,20,21). The quantitative estimate of drug-likeness (QED) is 0.859. The molecule has 7 heteroatoms. The lowest BCUT2D eigenvalue weighted by molar-refractivity contribution is -0.139. The molecule has 0 radical (unpaired) electrons. The highest BCUT2D eigenvalue weighted by Gasteiger charge is 2.46. The molecule has 4 nitrogen and oxygen atoms in total. The Morgan fingerprint density at radius 2 is 2.13 bits per heavy atom. The van der Waals surface area contributed by atoms with Gasteiger partial charge in [-0.2, -0.15) is 0 Å². The van der Waals surface area contributed by atoms with Gasteiger partial charge >= 0.3 is 5.97 Å². The van der Waals surface area contributed by atoms with E-state index in [-0.39, 0.29) is 10.4 Å². The normalized spacial score (nSPS) is 23.1. The fraction of sp³-hybridized carbons (Fsp3) is 0.312. The van der Waals surface area contributed by atoms with Gasteiger partial charge in [0.15, 0.2) is 0 Å². The minimum atomic E-state index is -0.887. The molecule has 1 saturated heterocycles. The van der Waals surface area contributed by atoms with Gasteiger partial charge in [0, 0.05) is 10.3 Å². The first-order chi connectivity index (χ1) is 10.8. The molecule has 0 amide bonds. The van der Waals surface area contributed by atoms with E-state index in [1.165, 1.54) is 23.9 Å². The summed E-state index contributed by atoms with van der Waals surface area (Å²) in [5, 5.41) is 12.1. The van der Waals surface area contributed by atoms with Crippen molar-refractivity contribution in [2.45, 2.75) is 30.0 Å². The van der Waals surface area contributed by atoms with Gasteiger partial charge in [-0.25, -0.2) is 4.39 Å². The summed E-state index contributed by atoms with van der Waals surface area (Å²) in [7, 11) is 0. The molecule has 0 aliphatic carbocycles. The zero-order valence-electron chi connectivity index (χ0n) is 12.5. The van der Waals surface area contributed by atoms with Crippen molar-refractivity contribution in [3.63, 3.8) is 0 Å². The molecule has 2 N–H and O–H groups in total. The Kier molecular flexibility index (Phi) is 4.16. The van der Waals surface area contributed by atoms with Gasteiger partial charge in [0.05, 0.1) is 5.02 Å². The Bertz CT molecular complexity index is 762. The van der Waals surface area contributed by atoms with Gasteiger partial charge in [0.2, 0.25) is 0 Å². The van der Waals surface area contributed by atoms with Crippen LogP contribution in [0, 0.1) is 5.82 Å². The molecule has 2 unspecified atom stereocenters. The lowest BCUT2D eigenvalue weighted by Gasteiger charge is -2.20. The van der Waals surface area contributed by atoms with E-state index in [1.807, 2.05) is 13.8 Å². The first-order valence-electron chi connectivity index (χ1n) is 7.00. The number of hydrogen-bond acceptors (Lipinski definition) is 4. The van der Waals surface area contributed by atoms with E-state index in [2.05, 4.69) is 5.32 Å². The van der Waals surface area contributed by atoms with E-state index in [4.69, 9.17) is 16.0 Å². The monoisotopic (exact) mass is 355 g/mol. The molecule has 0 spiro atoms. The van der Waals surface area contributed by atoms with Gasteiger partial charge in [-0.05, 0) is 44.2 Å². The molecule has 0 bridgehead atoms. The first kappa shape index (κ1) is 16.4. The molecular weight excluding hydrogens is 341 g/mol. The number of hydrogen-bond donors (Lipinski definition) is 2. The molecular formula is C16H15ClFNO3S. The summed E-state index contributed by atoms with van der Waals surface area (Å²) >= 11 is 7.29. The number of halogens is 2. The molecule has 2 aromatic rings. The lowest BCUT2D eigenvalue weighted by Crippen LogP contribution is -2.43. The molecule has 3 rings (SSSR count). The molecule has 0 saturated carbocycles. The van der Waals surface area contributed by atoms with Crippen molar-refractivity contribution in [1.82, 2.24) is 5.32 Å². The predicted octanol–water partition coefficient (Wildman–Crippen LogP) is 4.31. The van der Waals surface area contributed by atoms with Gasteiger partial charge < -0.3 is 9.52 Å². The SMILES string of the molecule is CC1(C)SC(c2ccc(-c3ccc(F)c(Cl)c3)o2)NC1C(=O)O. The van der Waals surface area contributed by atoms with Crippen LogP contribution in [0.4, 0.5) is 4.39 Å². The van der Waals surface area contributed by atoms with E-state index in [9.17, 15) is 14.3 Å². The minimum absolute atomic E-state index is 0.0286. The topological polar surface area (TPSA) is 62.5 Å². The molecule has 122 valence electrons. The second-order valence-corrected chi connectivity index (χ2v) is 8.04. The van der Waals surface area contributed by atoms with Crippen LogP contribution in [0.15, 0.2) is 34.7 Å². The third-order valence-electron chi connectivity index (χ3n) is 3.77. The van der Waals surface area contributed by atoms with E-state index in [0.29, 0.717) is 17.1 Å². The number of carbonyl (C=O) groups is 1. The molecule has 1 fully saturated rings. The van der Waals surface area contributed by atoms with Crippen LogP contribution in [0.3, 0.4) is 0 Å². The number of nitrogens with one attached hydrogen (secondary N) is 1. The predicted molar refractivity (Wildman–Crippen MR) is 88.1 cm³/mol. The van der Waals surface area contributed by atoms with Crippen molar-refractivity contribution < 1.29 is 18.7 Å². The number of aliphatic carboxylic acids is 1.